The van der Waals surface area contributed by atoms with Crippen molar-refractivity contribution in [3.63, 3.8) is 0 Å². The maximum Gasteiger partial charge on any atom is 0.329 e. The number of cyclic esters (lactones) is 1. The molecule has 1 amide bonds. The summed E-state index contributed by atoms with van der Waals surface area (Å²) in [6.45, 7) is 13.3. The predicted octanol–water partition coefficient (Wildman–Crippen LogP) is 7.46. The number of benzene rings is 1. The van der Waals surface area contributed by atoms with Crippen LogP contribution in [0.15, 0.2) is 77.3 Å². The Balaban J connectivity index is 1.49. The lowest BCUT2D eigenvalue weighted by atomic mass is 9.82. The number of ketones is 2. The van der Waals surface area contributed by atoms with Gasteiger partial charge in [0.15, 0.2) is 5.78 Å². The highest BCUT2D eigenvalue weighted by atomic mass is 127. The van der Waals surface area contributed by atoms with Crippen LogP contribution in [0.5, 0.6) is 0 Å². The van der Waals surface area contributed by atoms with Crippen LogP contribution in [0.25, 0.3) is 0 Å². The molecule has 0 spiro atoms. The highest BCUT2D eigenvalue weighted by molar-refractivity contribution is 14.1. The van der Waals surface area contributed by atoms with Gasteiger partial charge in [0, 0.05) is 49.2 Å². The van der Waals surface area contributed by atoms with Gasteiger partial charge in [-0.15, -0.1) is 6.58 Å². The molecule has 4 aliphatic rings. The third-order valence-corrected chi connectivity index (χ3v) is 15.8. The van der Waals surface area contributed by atoms with Crippen LogP contribution in [-0.4, -0.2) is 118 Å². The monoisotopic (exact) mass is 1050 g/mol. The van der Waals surface area contributed by atoms with E-state index in [0.717, 1.165) is 9.14 Å². The van der Waals surface area contributed by atoms with Crippen molar-refractivity contribution in [2.75, 3.05) is 27.9 Å². The van der Waals surface area contributed by atoms with Crippen LogP contribution in [0, 0.1) is 33.2 Å². The van der Waals surface area contributed by atoms with E-state index in [1.165, 1.54) is 44.4 Å². The maximum atomic E-state index is 14.5. The average molecular weight is 1050 g/mol. The Morgan fingerprint density at radius 2 is 1.61 bits per heavy atom. The SMILES string of the molecule is C=CCC1C=C(C)CC(C)CC(OC)C2OC(O)(C(=O)C(=O)N3CCCCC3C(=O)OC(C(C)=CC3CCC(OS(=O)(=O)c4ccc(I)cc4)C(OC)C3)C(C)/C=C\C1=O)C(C)CC2OC. The zero-order valence-corrected chi connectivity index (χ0v) is 42.7. The molecule has 13 atom stereocenters. The summed E-state index contributed by atoms with van der Waals surface area (Å²) in [4.78, 5) is 58.4. The Morgan fingerprint density at radius 1 is 0.939 bits per heavy atom. The van der Waals surface area contributed by atoms with E-state index in [1.807, 2.05) is 39.8 Å². The van der Waals surface area contributed by atoms with Gasteiger partial charge in [0.2, 0.25) is 5.79 Å². The molecule has 13 unspecified atom stereocenters. The Bertz CT molecular complexity index is 2090. The molecule has 66 heavy (non-hydrogen) atoms. The minimum absolute atomic E-state index is 0.0160. The first-order valence-corrected chi connectivity index (χ1v) is 25.7. The largest absolute Gasteiger partial charge is 0.456 e. The van der Waals surface area contributed by atoms with Crippen molar-refractivity contribution in [3.8, 4) is 0 Å². The van der Waals surface area contributed by atoms with Crippen LogP contribution in [0.1, 0.15) is 98.8 Å². The van der Waals surface area contributed by atoms with Gasteiger partial charge < -0.3 is 33.7 Å². The molecule has 5 rings (SSSR count). The highest BCUT2D eigenvalue weighted by Gasteiger charge is 2.56. The van der Waals surface area contributed by atoms with E-state index in [1.54, 1.807) is 31.2 Å². The van der Waals surface area contributed by atoms with Gasteiger partial charge in [-0.05, 0) is 148 Å². The first-order chi connectivity index (χ1) is 31.3. The number of hydrogen-bond donors (Lipinski definition) is 1. The van der Waals surface area contributed by atoms with Gasteiger partial charge in [-0.1, -0.05) is 50.6 Å². The van der Waals surface area contributed by atoms with Gasteiger partial charge in [0.05, 0.1) is 23.2 Å². The van der Waals surface area contributed by atoms with Crippen molar-refractivity contribution in [1.82, 2.24) is 4.90 Å². The summed E-state index contributed by atoms with van der Waals surface area (Å²) in [5.41, 5.74) is 1.66. The van der Waals surface area contributed by atoms with E-state index in [9.17, 15) is 32.7 Å². The van der Waals surface area contributed by atoms with Crippen molar-refractivity contribution < 1.29 is 60.6 Å². The summed E-state index contributed by atoms with van der Waals surface area (Å²) in [5.74, 6) is -7.57. The summed E-state index contributed by atoms with van der Waals surface area (Å²) in [6.07, 6.45) is 9.01. The fourth-order valence-electron chi connectivity index (χ4n) is 10.0. The van der Waals surface area contributed by atoms with Gasteiger partial charge in [-0.3, -0.25) is 18.6 Å². The molecule has 2 saturated heterocycles. The average Bonchev–Trinajstić information content (AvgIpc) is 3.29. The van der Waals surface area contributed by atoms with Crippen LogP contribution in [0.3, 0.4) is 0 Å². The molecule has 3 fully saturated rings. The Morgan fingerprint density at radius 3 is 2.26 bits per heavy atom. The molecule has 1 N–H and O–H groups in total. The summed E-state index contributed by atoms with van der Waals surface area (Å²) < 4.78 is 63.3. The number of nitrogens with zero attached hydrogens (tertiary/aromatic N) is 1. The molecule has 0 radical (unpaired) electrons. The lowest BCUT2D eigenvalue weighted by Crippen LogP contribution is -2.64. The van der Waals surface area contributed by atoms with Crippen molar-refractivity contribution in [2.45, 2.75) is 152 Å². The molecule has 3 heterocycles. The van der Waals surface area contributed by atoms with E-state index in [0.29, 0.717) is 56.9 Å². The summed E-state index contributed by atoms with van der Waals surface area (Å²) >= 11 is 2.11. The molecular formula is C50H70INO13S. The lowest BCUT2D eigenvalue weighted by Gasteiger charge is -2.47. The van der Waals surface area contributed by atoms with Gasteiger partial charge >= 0.3 is 5.97 Å². The third kappa shape index (κ3) is 13.2. The van der Waals surface area contributed by atoms with Crippen LogP contribution < -0.4 is 0 Å². The molecule has 14 nitrogen and oxygen atoms in total. The van der Waals surface area contributed by atoms with E-state index < -0.39 is 94.0 Å². The number of hydrogen-bond acceptors (Lipinski definition) is 13. The second-order valence-electron chi connectivity index (χ2n) is 18.8. The van der Waals surface area contributed by atoms with Gasteiger partial charge in [0.1, 0.15) is 24.4 Å². The number of methoxy groups -OCH3 is 3. The van der Waals surface area contributed by atoms with Gasteiger partial charge in [0.25, 0.3) is 21.8 Å². The zero-order chi connectivity index (χ0) is 48.5. The van der Waals surface area contributed by atoms with E-state index in [4.69, 9.17) is 27.9 Å². The van der Waals surface area contributed by atoms with Crippen molar-refractivity contribution in [2.24, 2.45) is 29.6 Å². The molecule has 1 saturated carbocycles. The number of carbonyl (C=O) groups excluding carboxylic acids is 4. The molecule has 16 heteroatoms. The first kappa shape index (κ1) is 53.8. The number of halogens is 1. The van der Waals surface area contributed by atoms with E-state index in [-0.39, 0.29) is 41.9 Å². The fourth-order valence-corrected chi connectivity index (χ4v) is 11.5. The van der Waals surface area contributed by atoms with Crippen LogP contribution in [0.4, 0.5) is 0 Å². The highest BCUT2D eigenvalue weighted by Crippen LogP contribution is 2.39. The molecule has 3 aliphatic heterocycles. The smallest absolute Gasteiger partial charge is 0.329 e. The lowest BCUT2D eigenvalue weighted by molar-refractivity contribution is -0.302. The quantitative estimate of drug-likeness (QED) is 0.0803. The molecule has 1 aliphatic carbocycles. The van der Waals surface area contributed by atoms with Gasteiger partial charge in [-0.25, -0.2) is 4.79 Å². The standard InChI is InChI=1S/C50H70INO13S/c1-10-13-36-25-30(2)24-31(3)26-43(61-8)46-44(62-9)28-34(6)50(57,64-46)47(54)48(55)52-23-12-11-14-39(52)49(56)63-45(32(4)15-21-40(36)53)33(5)27-35-16-22-41(42(29-35)60-7)65-66(58,59)38-19-17-37(51)18-20-38/h10,15,17-21,25,27,31-32,34-36,39,41-46,57H,1,11-14,16,22-24,26,28-29H2,2-9H3/b21-15-,30-25?,33-27?. The number of piperidine rings is 1. The third-order valence-electron chi connectivity index (χ3n) is 13.7. The molecule has 1 aromatic rings. The number of ether oxygens (including phenoxy) is 5. The van der Waals surface area contributed by atoms with Gasteiger partial charge in [-0.2, -0.15) is 8.42 Å². The summed E-state index contributed by atoms with van der Waals surface area (Å²) in [5, 5.41) is 12.1. The van der Waals surface area contributed by atoms with Crippen LogP contribution >= 0.6 is 22.6 Å². The maximum absolute atomic E-state index is 14.5. The first-order valence-electron chi connectivity index (χ1n) is 23.2. The van der Waals surface area contributed by atoms with Crippen LogP contribution in [-0.2, 0) is 57.2 Å². The molecule has 0 aromatic heterocycles. The Labute approximate surface area is 405 Å². The number of Topliss-reactive ketones (excluding diaryl/α,β-unsaturated/α-hetero) is 1. The Kier molecular flexibility index (Phi) is 19.5. The number of carbonyl (C=O) groups is 4. The Hall–Kier alpha value is -3.10. The van der Waals surface area contributed by atoms with Crippen molar-refractivity contribution in [1.29, 1.82) is 0 Å². The van der Waals surface area contributed by atoms with Crippen LogP contribution in [0.2, 0.25) is 0 Å². The number of amides is 1. The second-order valence-corrected chi connectivity index (χ2v) is 21.6. The zero-order valence-electron chi connectivity index (χ0n) is 39.7. The molecule has 366 valence electrons. The number of esters is 1. The van der Waals surface area contributed by atoms with E-state index in [2.05, 4.69) is 29.2 Å². The number of rotatable bonds is 10. The topological polar surface area (TPSA) is 181 Å². The molecule has 1 aromatic carbocycles. The second kappa shape index (κ2) is 24.0. The minimum atomic E-state index is -4.06. The molecular weight excluding hydrogens is 982 g/mol. The van der Waals surface area contributed by atoms with Crippen molar-refractivity contribution in [3.05, 3.63) is 75.9 Å². The number of aliphatic hydroxyl groups is 1. The summed E-state index contributed by atoms with van der Waals surface area (Å²) in [6, 6.07) is 5.29. The summed E-state index contributed by atoms with van der Waals surface area (Å²) in [7, 11) is 0.512. The number of allylic oxidation sites excluding steroid dienone is 5. The van der Waals surface area contributed by atoms with Crippen molar-refractivity contribution >= 4 is 56.2 Å². The van der Waals surface area contributed by atoms with E-state index >= 15 is 0 Å². The normalized spacial score (nSPS) is 35.5. The predicted molar refractivity (Wildman–Crippen MR) is 256 cm³/mol. The fraction of sp³-hybridized carbons (Fsp3) is 0.640. The minimum Gasteiger partial charge on any atom is -0.456 e. The number of fused-ring (bicyclic) bond motifs is 3. The molecule has 2 bridgehead atoms.